The third-order valence-corrected chi connectivity index (χ3v) is 5.98. The summed E-state index contributed by atoms with van der Waals surface area (Å²) in [7, 11) is 0. The fourth-order valence-electron chi connectivity index (χ4n) is 4.20. The van der Waals surface area contributed by atoms with Gasteiger partial charge in [-0.05, 0) is 37.9 Å². The molecular weight excluding hydrogens is 398 g/mol. The molecule has 2 saturated heterocycles. The molecule has 0 aromatic heterocycles. The van der Waals surface area contributed by atoms with Gasteiger partial charge in [-0.3, -0.25) is 9.59 Å². The molecule has 0 unspecified atom stereocenters. The zero-order valence-corrected chi connectivity index (χ0v) is 17.4. The molecule has 0 aliphatic carbocycles. The molecule has 0 saturated carbocycles. The van der Waals surface area contributed by atoms with Crippen LogP contribution in [0.3, 0.4) is 0 Å². The van der Waals surface area contributed by atoms with Crippen LogP contribution in [-0.2, 0) is 20.7 Å². The number of carbonyl (C=O) groups excluding carboxylic acids is 1. The molecule has 30 heavy (non-hydrogen) atoms. The van der Waals surface area contributed by atoms with Gasteiger partial charge in [0.2, 0.25) is 5.91 Å². The number of carboxylic acid groups (broad SMARTS) is 1. The van der Waals surface area contributed by atoms with Gasteiger partial charge in [0.15, 0.2) is 0 Å². The van der Waals surface area contributed by atoms with Crippen molar-refractivity contribution in [2.45, 2.75) is 56.8 Å². The quantitative estimate of drug-likeness (QED) is 0.632. The van der Waals surface area contributed by atoms with E-state index in [0.29, 0.717) is 6.42 Å². The molecule has 3 rings (SSSR count). The fourth-order valence-corrected chi connectivity index (χ4v) is 4.20. The Hall–Kier alpha value is -2.10. The largest absolute Gasteiger partial charge is 0.483 e. The van der Waals surface area contributed by atoms with Crippen LogP contribution in [0, 0.1) is 11.6 Å². The maximum atomic E-state index is 13.8. The minimum absolute atomic E-state index is 0.130. The van der Waals surface area contributed by atoms with Crippen LogP contribution < -0.4 is 5.32 Å². The van der Waals surface area contributed by atoms with E-state index in [4.69, 9.17) is 14.6 Å². The van der Waals surface area contributed by atoms with Crippen molar-refractivity contribution in [2.24, 2.45) is 0 Å². The molecule has 1 amide bonds. The number of piperidine rings is 1. The van der Waals surface area contributed by atoms with Crippen LogP contribution >= 0.6 is 0 Å². The molecule has 3 N–H and O–H groups in total. The second-order valence-electron chi connectivity index (χ2n) is 8.10. The van der Waals surface area contributed by atoms with E-state index in [1.54, 1.807) is 0 Å². The first kappa shape index (κ1) is 24.2. The number of nitrogens with zero attached hydrogens (tertiary/aromatic N) is 1. The van der Waals surface area contributed by atoms with Gasteiger partial charge in [-0.25, -0.2) is 8.78 Å². The summed E-state index contributed by atoms with van der Waals surface area (Å²) < 4.78 is 32.9. The number of nitrogens with one attached hydrogen (secondary N) is 1. The van der Waals surface area contributed by atoms with Gasteiger partial charge in [-0.2, -0.15) is 0 Å². The molecule has 168 valence electrons. The smallest absolute Gasteiger partial charge is 0.290 e. The van der Waals surface area contributed by atoms with Crippen molar-refractivity contribution in [3.8, 4) is 0 Å². The summed E-state index contributed by atoms with van der Waals surface area (Å²) in [6.45, 7) is 6.70. The average molecular weight is 428 g/mol. The summed E-state index contributed by atoms with van der Waals surface area (Å²) in [6, 6.07) is 3.17. The van der Waals surface area contributed by atoms with Crippen LogP contribution in [0.1, 0.15) is 38.7 Å². The highest BCUT2D eigenvalue weighted by Crippen LogP contribution is 2.39. The Kier molecular flexibility index (Phi) is 8.28. The van der Waals surface area contributed by atoms with Crippen molar-refractivity contribution < 1.29 is 33.3 Å². The fraction of sp³-hybridized carbons (Fsp3) is 0.619. The number of aliphatic hydroxyl groups is 1. The first-order valence-electron chi connectivity index (χ1n) is 10.0. The van der Waals surface area contributed by atoms with E-state index in [-0.39, 0.29) is 30.7 Å². The maximum absolute atomic E-state index is 13.8. The monoisotopic (exact) mass is 428 g/mol. The molecule has 1 spiro atoms. The first-order valence-corrected chi connectivity index (χ1v) is 10.0. The summed E-state index contributed by atoms with van der Waals surface area (Å²) in [5, 5.41) is 20.3. The van der Waals surface area contributed by atoms with Gasteiger partial charge in [0.1, 0.15) is 17.7 Å². The highest BCUT2D eigenvalue weighted by molar-refractivity contribution is 5.79. The van der Waals surface area contributed by atoms with Crippen molar-refractivity contribution in [2.75, 3.05) is 26.2 Å². The summed E-state index contributed by atoms with van der Waals surface area (Å²) in [5.74, 6) is -1.82. The van der Waals surface area contributed by atoms with Crippen LogP contribution in [-0.4, -0.2) is 71.0 Å². The van der Waals surface area contributed by atoms with E-state index in [2.05, 4.69) is 17.1 Å². The van der Waals surface area contributed by atoms with Gasteiger partial charge in [-0.1, -0.05) is 13.0 Å². The molecule has 2 aliphatic heterocycles. The van der Waals surface area contributed by atoms with E-state index in [0.717, 1.165) is 44.6 Å². The summed E-state index contributed by atoms with van der Waals surface area (Å²) in [5.41, 5.74) is -1.07. The predicted octanol–water partition coefficient (Wildman–Crippen LogP) is 1.72. The standard InChI is InChI=1S/C20H28F2N2O3.CH2O2/c1-3-24-8-6-20(7-9-24)13-19(2,17(25)12-27-20)23-18(26)10-14-4-5-15(21)11-16(14)22;2-1-3/h4-5,11,17,25H,3,6-10,12-13H2,1-2H3,(H,23,26);1H,(H,2,3)/t17-,19-;/m1./s1. The number of benzene rings is 1. The number of aliphatic hydroxyl groups excluding tert-OH is 1. The zero-order chi connectivity index (χ0) is 22.4. The molecule has 7 nitrogen and oxygen atoms in total. The lowest BCUT2D eigenvalue weighted by Gasteiger charge is -2.52. The van der Waals surface area contributed by atoms with Crippen LogP contribution in [0.25, 0.3) is 0 Å². The topological polar surface area (TPSA) is 99.1 Å². The van der Waals surface area contributed by atoms with E-state index in [1.165, 1.54) is 6.07 Å². The Morgan fingerprint density at radius 3 is 2.57 bits per heavy atom. The number of ether oxygens (including phenoxy) is 1. The molecule has 2 heterocycles. The molecule has 2 aliphatic rings. The Morgan fingerprint density at radius 2 is 2.00 bits per heavy atom. The molecule has 2 fully saturated rings. The Labute approximate surface area is 175 Å². The normalized spacial score (nSPS) is 25.8. The lowest BCUT2D eigenvalue weighted by atomic mass is 9.74. The molecule has 9 heteroatoms. The van der Waals surface area contributed by atoms with Gasteiger partial charge in [0.25, 0.3) is 6.47 Å². The van der Waals surface area contributed by atoms with E-state index in [1.807, 2.05) is 6.92 Å². The van der Waals surface area contributed by atoms with E-state index in [9.17, 15) is 18.7 Å². The predicted molar refractivity (Wildman–Crippen MR) is 106 cm³/mol. The van der Waals surface area contributed by atoms with Crippen molar-refractivity contribution in [1.29, 1.82) is 0 Å². The van der Waals surface area contributed by atoms with Gasteiger partial charge in [0.05, 0.1) is 24.2 Å². The number of hydrogen-bond acceptors (Lipinski definition) is 5. The number of hydrogen-bond donors (Lipinski definition) is 3. The summed E-state index contributed by atoms with van der Waals surface area (Å²) in [4.78, 5) is 23.2. The van der Waals surface area contributed by atoms with E-state index >= 15 is 0 Å². The van der Waals surface area contributed by atoms with Crippen LogP contribution in [0.4, 0.5) is 8.78 Å². The number of amides is 1. The lowest BCUT2D eigenvalue weighted by molar-refractivity contribution is -0.181. The van der Waals surface area contributed by atoms with Crippen molar-refractivity contribution in [3.63, 3.8) is 0 Å². The van der Waals surface area contributed by atoms with Gasteiger partial charge < -0.3 is 25.2 Å². The molecule has 0 radical (unpaired) electrons. The number of likely N-dealkylation sites (tertiary alicyclic amines) is 1. The van der Waals surface area contributed by atoms with Crippen molar-refractivity contribution >= 4 is 12.4 Å². The van der Waals surface area contributed by atoms with E-state index < -0.39 is 29.2 Å². The molecule has 1 aromatic carbocycles. The Bertz CT molecular complexity index is 740. The molecule has 1 aromatic rings. The SMILES string of the molecule is CCN1CCC2(CC1)C[C@@](C)(NC(=O)Cc1ccc(F)cc1F)[C@H](O)CO2.O=CO. The summed E-state index contributed by atoms with van der Waals surface area (Å²) >= 11 is 0. The molecule has 0 bridgehead atoms. The molecular formula is C21H30F2N2O5. The van der Waals surface area contributed by atoms with Gasteiger partial charge in [-0.15, -0.1) is 0 Å². The summed E-state index contributed by atoms with van der Waals surface area (Å²) in [6.07, 6.45) is 1.17. The second-order valence-corrected chi connectivity index (χ2v) is 8.10. The van der Waals surface area contributed by atoms with Crippen molar-refractivity contribution in [1.82, 2.24) is 10.2 Å². The van der Waals surface area contributed by atoms with Crippen LogP contribution in [0.15, 0.2) is 18.2 Å². The number of rotatable bonds is 4. The minimum Gasteiger partial charge on any atom is -0.483 e. The van der Waals surface area contributed by atoms with Gasteiger partial charge in [0, 0.05) is 25.6 Å². The lowest BCUT2D eigenvalue weighted by Crippen LogP contribution is -2.65. The number of halogens is 2. The first-order chi connectivity index (χ1) is 14.2. The average Bonchev–Trinajstić information content (AvgIpc) is 2.68. The molecule has 2 atom stereocenters. The van der Waals surface area contributed by atoms with Crippen LogP contribution in [0.2, 0.25) is 0 Å². The van der Waals surface area contributed by atoms with Crippen LogP contribution in [0.5, 0.6) is 0 Å². The minimum atomic E-state index is -0.847. The third-order valence-electron chi connectivity index (χ3n) is 5.98. The second kappa shape index (κ2) is 10.3. The maximum Gasteiger partial charge on any atom is 0.290 e. The third kappa shape index (κ3) is 5.96. The Balaban J connectivity index is 0.00000101. The highest BCUT2D eigenvalue weighted by Gasteiger charge is 2.49. The highest BCUT2D eigenvalue weighted by atomic mass is 19.1. The van der Waals surface area contributed by atoms with Crippen molar-refractivity contribution in [3.05, 3.63) is 35.4 Å². The Morgan fingerprint density at radius 1 is 1.37 bits per heavy atom. The zero-order valence-electron chi connectivity index (χ0n) is 17.4. The van der Waals surface area contributed by atoms with Gasteiger partial charge >= 0.3 is 0 Å². The number of carbonyl (C=O) groups is 2.